The van der Waals surface area contributed by atoms with Gasteiger partial charge >= 0.3 is 0 Å². The number of pyridine rings is 1. The Kier molecular flexibility index (Phi) is 6.56. The van der Waals surface area contributed by atoms with E-state index >= 15 is 0 Å². The Morgan fingerprint density at radius 2 is 1.85 bits per heavy atom. The SMILES string of the molecule is COc1cc(NC(=O)/C=C/c2cnn(-c3ccccc3)c2)ccc1NC(=O)c1cccnc1. The summed E-state index contributed by atoms with van der Waals surface area (Å²) in [5.41, 5.74) is 3.16. The van der Waals surface area contributed by atoms with E-state index in [2.05, 4.69) is 20.7 Å². The number of carbonyl (C=O) groups excluding carboxylic acids is 2. The molecule has 0 atom stereocenters. The summed E-state index contributed by atoms with van der Waals surface area (Å²) in [5.74, 6) is -0.202. The third kappa shape index (κ3) is 5.50. The Hall–Kier alpha value is -4.72. The molecule has 0 aliphatic carbocycles. The van der Waals surface area contributed by atoms with Gasteiger partial charge in [-0.1, -0.05) is 18.2 Å². The van der Waals surface area contributed by atoms with Crippen molar-refractivity contribution in [3.63, 3.8) is 0 Å². The van der Waals surface area contributed by atoms with Crippen LogP contribution in [-0.4, -0.2) is 33.7 Å². The monoisotopic (exact) mass is 439 g/mol. The molecule has 2 aromatic heterocycles. The molecule has 0 bridgehead atoms. The Bertz CT molecular complexity index is 1280. The fourth-order valence-corrected chi connectivity index (χ4v) is 3.06. The summed E-state index contributed by atoms with van der Waals surface area (Å²) in [4.78, 5) is 28.7. The molecule has 8 heteroatoms. The van der Waals surface area contributed by atoms with Gasteiger partial charge < -0.3 is 15.4 Å². The van der Waals surface area contributed by atoms with Crippen LogP contribution >= 0.6 is 0 Å². The molecule has 0 saturated carbocycles. The molecule has 4 rings (SSSR count). The van der Waals surface area contributed by atoms with Crippen molar-refractivity contribution in [2.75, 3.05) is 17.7 Å². The van der Waals surface area contributed by atoms with Gasteiger partial charge in [-0.15, -0.1) is 0 Å². The summed E-state index contributed by atoms with van der Waals surface area (Å²) < 4.78 is 7.10. The Balaban J connectivity index is 1.40. The Morgan fingerprint density at radius 1 is 1.00 bits per heavy atom. The van der Waals surface area contributed by atoms with E-state index in [0.29, 0.717) is 22.7 Å². The number of nitrogens with zero attached hydrogens (tertiary/aromatic N) is 3. The van der Waals surface area contributed by atoms with Crippen LogP contribution in [0.25, 0.3) is 11.8 Å². The van der Waals surface area contributed by atoms with Crippen molar-refractivity contribution in [3.8, 4) is 11.4 Å². The second kappa shape index (κ2) is 10.1. The zero-order valence-corrected chi connectivity index (χ0v) is 17.8. The molecule has 33 heavy (non-hydrogen) atoms. The number of para-hydroxylation sites is 1. The minimum absolute atomic E-state index is 0.308. The highest BCUT2D eigenvalue weighted by molar-refractivity contribution is 6.05. The first-order valence-electron chi connectivity index (χ1n) is 10.1. The summed E-state index contributed by atoms with van der Waals surface area (Å²) in [7, 11) is 1.49. The third-order valence-corrected chi connectivity index (χ3v) is 4.69. The maximum absolute atomic E-state index is 12.4. The molecule has 2 amide bonds. The maximum atomic E-state index is 12.4. The van der Waals surface area contributed by atoms with Crippen LogP contribution in [0.2, 0.25) is 0 Å². The van der Waals surface area contributed by atoms with Crippen LogP contribution in [0.15, 0.2) is 91.5 Å². The van der Waals surface area contributed by atoms with E-state index in [1.54, 1.807) is 53.5 Å². The van der Waals surface area contributed by atoms with E-state index in [9.17, 15) is 9.59 Å². The predicted molar refractivity (Wildman–Crippen MR) is 126 cm³/mol. The number of anilines is 2. The normalized spacial score (nSPS) is 10.7. The topological polar surface area (TPSA) is 98.1 Å². The first kappa shape index (κ1) is 21.5. The largest absolute Gasteiger partial charge is 0.494 e. The number of nitrogens with one attached hydrogen (secondary N) is 2. The molecule has 2 heterocycles. The van der Waals surface area contributed by atoms with Gasteiger partial charge in [0.1, 0.15) is 5.75 Å². The Labute approximate surface area is 190 Å². The molecule has 0 aliphatic heterocycles. The van der Waals surface area contributed by atoms with E-state index in [0.717, 1.165) is 11.3 Å². The summed E-state index contributed by atoms with van der Waals surface area (Å²) >= 11 is 0. The fraction of sp³-hybridized carbons (Fsp3) is 0.0400. The van der Waals surface area contributed by atoms with Gasteiger partial charge in [-0.2, -0.15) is 5.10 Å². The van der Waals surface area contributed by atoms with Gasteiger partial charge in [0.2, 0.25) is 5.91 Å². The zero-order chi connectivity index (χ0) is 23.0. The molecular weight excluding hydrogens is 418 g/mol. The van der Waals surface area contributed by atoms with Crippen molar-refractivity contribution in [2.45, 2.75) is 0 Å². The molecule has 0 saturated heterocycles. The number of rotatable bonds is 7. The molecule has 0 fully saturated rings. The van der Waals surface area contributed by atoms with E-state index in [4.69, 9.17) is 4.74 Å². The van der Waals surface area contributed by atoms with Crippen molar-refractivity contribution in [1.82, 2.24) is 14.8 Å². The summed E-state index contributed by atoms with van der Waals surface area (Å²) in [6.07, 6.45) is 9.70. The minimum atomic E-state index is -0.309. The number of aromatic nitrogens is 3. The quantitative estimate of drug-likeness (QED) is 0.421. The number of benzene rings is 2. The van der Waals surface area contributed by atoms with Crippen LogP contribution < -0.4 is 15.4 Å². The Morgan fingerprint density at radius 3 is 2.61 bits per heavy atom. The van der Waals surface area contributed by atoms with Crippen molar-refractivity contribution in [1.29, 1.82) is 0 Å². The van der Waals surface area contributed by atoms with Gasteiger partial charge in [-0.05, 0) is 42.5 Å². The summed E-state index contributed by atoms with van der Waals surface area (Å²) in [6.45, 7) is 0. The third-order valence-electron chi connectivity index (χ3n) is 4.69. The van der Waals surface area contributed by atoms with Crippen molar-refractivity contribution >= 4 is 29.3 Å². The molecular formula is C25H21N5O3. The maximum Gasteiger partial charge on any atom is 0.257 e. The van der Waals surface area contributed by atoms with Gasteiger partial charge in [0.05, 0.1) is 30.2 Å². The molecule has 0 radical (unpaired) electrons. The number of methoxy groups -OCH3 is 1. The highest BCUT2D eigenvalue weighted by Crippen LogP contribution is 2.28. The standard InChI is InChI=1S/C25H21N5O3/c1-33-23-14-20(10-11-22(23)29-25(32)19-6-5-13-26-16-19)28-24(31)12-9-18-15-27-30(17-18)21-7-3-2-4-8-21/h2-17H,1H3,(H,28,31)(H,29,32)/b12-9+. The molecule has 0 spiro atoms. The van der Waals surface area contributed by atoms with Crippen LogP contribution in [0.3, 0.4) is 0 Å². The second-order valence-electron chi connectivity index (χ2n) is 6.99. The van der Waals surface area contributed by atoms with E-state index < -0.39 is 0 Å². The average molecular weight is 439 g/mol. The molecule has 2 N–H and O–H groups in total. The zero-order valence-electron chi connectivity index (χ0n) is 17.8. The smallest absolute Gasteiger partial charge is 0.257 e. The van der Waals surface area contributed by atoms with Crippen LogP contribution in [0.4, 0.5) is 11.4 Å². The second-order valence-corrected chi connectivity index (χ2v) is 6.99. The number of ether oxygens (including phenoxy) is 1. The fourth-order valence-electron chi connectivity index (χ4n) is 3.06. The van der Waals surface area contributed by atoms with Gasteiger partial charge in [0.25, 0.3) is 5.91 Å². The first-order valence-corrected chi connectivity index (χ1v) is 10.1. The predicted octanol–water partition coefficient (Wildman–Crippen LogP) is 4.18. The van der Waals surface area contributed by atoms with Gasteiger partial charge in [-0.3, -0.25) is 14.6 Å². The van der Waals surface area contributed by atoms with Crippen molar-refractivity contribution in [2.24, 2.45) is 0 Å². The summed E-state index contributed by atoms with van der Waals surface area (Å²) in [6, 6.07) is 18.0. The van der Waals surface area contributed by atoms with Crippen molar-refractivity contribution in [3.05, 3.63) is 103 Å². The lowest BCUT2D eigenvalue weighted by atomic mass is 10.2. The van der Waals surface area contributed by atoms with Gasteiger partial charge in [-0.25, -0.2) is 4.68 Å². The number of carbonyl (C=O) groups is 2. The van der Waals surface area contributed by atoms with Crippen LogP contribution in [0, 0.1) is 0 Å². The van der Waals surface area contributed by atoms with Gasteiger partial charge in [0, 0.05) is 42.0 Å². The molecule has 8 nitrogen and oxygen atoms in total. The average Bonchev–Trinajstić information content (AvgIpc) is 3.34. The highest BCUT2D eigenvalue weighted by Gasteiger charge is 2.11. The van der Waals surface area contributed by atoms with E-state index in [1.807, 2.05) is 36.5 Å². The van der Waals surface area contributed by atoms with Crippen LogP contribution in [-0.2, 0) is 4.79 Å². The van der Waals surface area contributed by atoms with Crippen LogP contribution in [0.1, 0.15) is 15.9 Å². The minimum Gasteiger partial charge on any atom is -0.494 e. The number of hydrogen-bond donors (Lipinski definition) is 2. The molecule has 164 valence electrons. The molecule has 0 unspecified atom stereocenters. The molecule has 2 aromatic carbocycles. The lowest BCUT2D eigenvalue weighted by Gasteiger charge is -2.12. The molecule has 4 aromatic rings. The lowest BCUT2D eigenvalue weighted by Crippen LogP contribution is -2.13. The molecule has 0 aliphatic rings. The van der Waals surface area contributed by atoms with Crippen LogP contribution in [0.5, 0.6) is 5.75 Å². The number of hydrogen-bond acceptors (Lipinski definition) is 5. The first-order chi connectivity index (χ1) is 16.1. The number of amides is 2. The lowest BCUT2D eigenvalue weighted by molar-refractivity contribution is -0.111. The summed E-state index contributed by atoms with van der Waals surface area (Å²) in [5, 5.41) is 9.87. The van der Waals surface area contributed by atoms with E-state index in [1.165, 1.54) is 19.4 Å². The van der Waals surface area contributed by atoms with Gasteiger partial charge in [0.15, 0.2) is 0 Å². The highest BCUT2D eigenvalue weighted by atomic mass is 16.5. The van der Waals surface area contributed by atoms with Crippen molar-refractivity contribution < 1.29 is 14.3 Å². The van der Waals surface area contributed by atoms with E-state index in [-0.39, 0.29) is 11.8 Å².